The van der Waals surface area contributed by atoms with Gasteiger partial charge < -0.3 is 10.2 Å². The smallest absolute Gasteiger partial charge is 0.190 e. The molecule has 84 valence electrons. The molecule has 1 aliphatic rings. The van der Waals surface area contributed by atoms with Crippen molar-refractivity contribution < 1.29 is 19.8 Å². The minimum absolute atomic E-state index is 0.106. The van der Waals surface area contributed by atoms with Crippen molar-refractivity contribution in [2.24, 2.45) is 0 Å². The molecule has 1 aliphatic carbocycles. The number of allylic oxidation sites excluding steroid dienone is 2. The third kappa shape index (κ3) is 2.35. The summed E-state index contributed by atoms with van der Waals surface area (Å²) in [7, 11) is 0. The summed E-state index contributed by atoms with van der Waals surface area (Å²) in [5.74, 6) is -0.710. The largest absolute Gasteiger partial charge is 0.507 e. The van der Waals surface area contributed by atoms with Crippen molar-refractivity contribution >= 4 is 11.6 Å². The number of aromatic hydroxyl groups is 1. The van der Waals surface area contributed by atoms with E-state index in [4.69, 9.17) is 5.11 Å². The van der Waals surface area contributed by atoms with E-state index in [9.17, 15) is 14.7 Å². The minimum Gasteiger partial charge on any atom is -0.507 e. The molecule has 0 saturated heterocycles. The minimum atomic E-state index is -0.326. The Morgan fingerprint density at radius 2 is 1.69 bits per heavy atom. The molecule has 1 aromatic carbocycles. The summed E-state index contributed by atoms with van der Waals surface area (Å²) >= 11 is 0. The van der Waals surface area contributed by atoms with Gasteiger partial charge in [0, 0.05) is 12.2 Å². The third-order valence-electron chi connectivity index (χ3n) is 1.94. The quantitative estimate of drug-likeness (QED) is 0.691. The van der Waals surface area contributed by atoms with E-state index in [0.29, 0.717) is 0 Å². The molecule has 0 radical (unpaired) electrons. The van der Waals surface area contributed by atoms with Gasteiger partial charge in [-0.2, -0.15) is 0 Å². The number of benzene rings is 1. The fraction of sp³-hybridized carbons (Fsp3) is 0.167. The van der Waals surface area contributed by atoms with E-state index >= 15 is 0 Å². The molecule has 4 heteroatoms. The van der Waals surface area contributed by atoms with Crippen molar-refractivity contribution in [1.29, 1.82) is 0 Å². The van der Waals surface area contributed by atoms with Gasteiger partial charge in [-0.3, -0.25) is 9.59 Å². The van der Waals surface area contributed by atoms with Gasteiger partial charge in [0.15, 0.2) is 11.6 Å². The van der Waals surface area contributed by atoms with Gasteiger partial charge in [0.25, 0.3) is 0 Å². The Morgan fingerprint density at radius 1 is 1.12 bits per heavy atom. The molecule has 2 rings (SSSR count). The molecule has 0 bridgehead atoms. The maximum atomic E-state index is 11.3. The van der Waals surface area contributed by atoms with E-state index in [2.05, 4.69) is 0 Å². The van der Waals surface area contributed by atoms with Gasteiger partial charge in [0.2, 0.25) is 0 Å². The van der Waals surface area contributed by atoms with E-state index in [1.807, 2.05) is 0 Å². The van der Waals surface area contributed by atoms with Crippen LogP contribution < -0.4 is 0 Å². The average Bonchev–Trinajstić information content (AvgIpc) is 2.25. The highest BCUT2D eigenvalue weighted by Crippen LogP contribution is 2.25. The molecule has 0 unspecified atom stereocenters. The van der Waals surface area contributed by atoms with Crippen LogP contribution in [-0.4, -0.2) is 28.4 Å². The van der Waals surface area contributed by atoms with E-state index in [1.165, 1.54) is 24.3 Å². The fourth-order valence-electron chi connectivity index (χ4n) is 1.33. The summed E-state index contributed by atoms with van der Waals surface area (Å²) in [5.41, 5.74) is 0.377. The second-order valence-electron chi connectivity index (χ2n) is 3.08. The van der Waals surface area contributed by atoms with Gasteiger partial charge in [-0.1, -0.05) is 12.1 Å². The number of ketones is 2. The molecule has 0 spiro atoms. The second-order valence-corrected chi connectivity index (χ2v) is 3.08. The van der Waals surface area contributed by atoms with Gasteiger partial charge in [-0.25, -0.2) is 0 Å². The van der Waals surface area contributed by atoms with Crippen LogP contribution in [0.3, 0.4) is 0 Å². The van der Waals surface area contributed by atoms with Gasteiger partial charge in [0.1, 0.15) is 5.75 Å². The maximum absolute atomic E-state index is 11.3. The van der Waals surface area contributed by atoms with Gasteiger partial charge in [-0.15, -0.1) is 0 Å². The SMILES string of the molecule is CCO.O=C1C=CC(=O)c2c(O)cccc21. The first-order valence-corrected chi connectivity index (χ1v) is 4.81. The lowest BCUT2D eigenvalue weighted by molar-refractivity contribution is 0.0991. The van der Waals surface area contributed by atoms with E-state index in [1.54, 1.807) is 13.0 Å². The Morgan fingerprint density at radius 3 is 2.25 bits per heavy atom. The van der Waals surface area contributed by atoms with Crippen LogP contribution in [-0.2, 0) is 0 Å². The molecule has 4 nitrogen and oxygen atoms in total. The first kappa shape index (κ1) is 12.1. The van der Waals surface area contributed by atoms with Crippen LogP contribution in [0.15, 0.2) is 30.4 Å². The Hall–Kier alpha value is -1.94. The van der Waals surface area contributed by atoms with Crippen molar-refractivity contribution in [2.45, 2.75) is 6.92 Å². The molecule has 2 N–H and O–H groups in total. The molecule has 16 heavy (non-hydrogen) atoms. The number of carbonyl (C=O) groups is 2. The number of hydrogen-bond donors (Lipinski definition) is 2. The topological polar surface area (TPSA) is 74.6 Å². The Balaban J connectivity index is 0.000000386. The molecule has 0 atom stereocenters. The number of aliphatic hydroxyl groups excluding tert-OH is 1. The number of phenols is 1. The Labute approximate surface area is 92.8 Å². The number of aliphatic hydroxyl groups is 1. The van der Waals surface area contributed by atoms with E-state index < -0.39 is 0 Å². The van der Waals surface area contributed by atoms with Crippen LogP contribution in [0.4, 0.5) is 0 Å². The van der Waals surface area contributed by atoms with Crippen LogP contribution in [0, 0.1) is 0 Å². The highest BCUT2D eigenvalue weighted by atomic mass is 16.3. The van der Waals surface area contributed by atoms with Gasteiger partial charge in [-0.05, 0) is 25.1 Å². The van der Waals surface area contributed by atoms with Crippen molar-refractivity contribution in [3.05, 3.63) is 41.5 Å². The fourth-order valence-corrected chi connectivity index (χ4v) is 1.33. The Kier molecular flexibility index (Phi) is 3.96. The van der Waals surface area contributed by atoms with E-state index in [0.717, 1.165) is 0 Å². The van der Waals surface area contributed by atoms with Crippen LogP contribution in [0.1, 0.15) is 27.6 Å². The van der Waals surface area contributed by atoms with Crippen LogP contribution in [0.2, 0.25) is 0 Å². The summed E-state index contributed by atoms with van der Waals surface area (Å²) < 4.78 is 0. The second kappa shape index (κ2) is 5.23. The lowest BCUT2D eigenvalue weighted by Crippen LogP contribution is -2.11. The zero-order valence-electron chi connectivity index (χ0n) is 8.80. The van der Waals surface area contributed by atoms with Crippen molar-refractivity contribution in [1.82, 2.24) is 0 Å². The number of fused-ring (bicyclic) bond motifs is 1. The first-order valence-electron chi connectivity index (χ1n) is 4.81. The average molecular weight is 220 g/mol. The van der Waals surface area contributed by atoms with E-state index in [-0.39, 0.29) is 35.0 Å². The Bertz CT molecular complexity index is 446. The monoisotopic (exact) mass is 220 g/mol. The molecule has 0 aromatic heterocycles. The molecule has 0 heterocycles. The van der Waals surface area contributed by atoms with Gasteiger partial charge in [0.05, 0.1) is 5.56 Å². The predicted molar refractivity (Wildman–Crippen MR) is 58.7 cm³/mol. The summed E-state index contributed by atoms with van der Waals surface area (Å²) in [6.45, 7) is 1.93. The van der Waals surface area contributed by atoms with Gasteiger partial charge >= 0.3 is 0 Å². The normalized spacial score (nSPS) is 12.9. The molecule has 1 aromatic rings. The molecular weight excluding hydrogens is 208 g/mol. The molecule has 0 fully saturated rings. The standard InChI is InChI=1S/C10H6O3.C2H6O/c11-7-4-5-9(13)10-6(7)2-1-3-8(10)12;1-2-3/h1-5,12H;3H,2H2,1H3. The van der Waals surface area contributed by atoms with Crippen molar-refractivity contribution in [3.8, 4) is 5.75 Å². The molecule has 0 saturated carbocycles. The van der Waals surface area contributed by atoms with Crippen LogP contribution in [0.5, 0.6) is 5.75 Å². The number of rotatable bonds is 0. The number of phenolic OH excluding ortho intramolecular Hbond substituents is 1. The van der Waals surface area contributed by atoms with Crippen LogP contribution >= 0.6 is 0 Å². The third-order valence-corrected chi connectivity index (χ3v) is 1.94. The van der Waals surface area contributed by atoms with Crippen LogP contribution in [0.25, 0.3) is 0 Å². The summed E-state index contributed by atoms with van der Waals surface area (Å²) in [4.78, 5) is 22.5. The maximum Gasteiger partial charge on any atom is 0.190 e. The summed E-state index contributed by atoms with van der Waals surface area (Å²) in [6, 6.07) is 4.46. The highest BCUT2D eigenvalue weighted by Gasteiger charge is 2.21. The summed E-state index contributed by atoms with van der Waals surface area (Å²) in [5, 5.41) is 16.9. The predicted octanol–water partition coefficient (Wildman–Crippen LogP) is 1.33. The number of hydrogen-bond acceptors (Lipinski definition) is 4. The van der Waals surface area contributed by atoms with Crippen molar-refractivity contribution in [2.75, 3.05) is 6.61 Å². The lowest BCUT2D eigenvalue weighted by atomic mass is 9.94. The zero-order valence-corrected chi connectivity index (χ0v) is 8.80. The van der Waals surface area contributed by atoms with Crippen molar-refractivity contribution in [3.63, 3.8) is 0 Å². The zero-order chi connectivity index (χ0) is 12.1. The molecular formula is C12H12O4. The molecule has 0 amide bonds. The number of carbonyl (C=O) groups excluding carboxylic acids is 2. The molecule has 0 aliphatic heterocycles. The summed E-state index contributed by atoms with van der Waals surface area (Å²) in [6.07, 6.45) is 2.38. The first-order chi connectivity index (χ1) is 7.61. The lowest BCUT2D eigenvalue weighted by Gasteiger charge is -2.09. The highest BCUT2D eigenvalue weighted by molar-refractivity contribution is 6.23.